The summed E-state index contributed by atoms with van der Waals surface area (Å²) in [6.45, 7) is 4.17. The van der Waals surface area contributed by atoms with Crippen LogP contribution in [-0.4, -0.2) is 21.5 Å². The van der Waals surface area contributed by atoms with Gasteiger partial charge in [0, 0.05) is 31.2 Å². The molecule has 2 aromatic rings. The molecule has 0 aliphatic heterocycles. The SMILES string of the molecule is CCC(C)NSc1cn(C)c(C(=O)Nc2ccnc(C#N)c2)c1Cl. The molecule has 0 bridgehead atoms. The van der Waals surface area contributed by atoms with Crippen LogP contribution >= 0.6 is 23.5 Å². The molecule has 0 aromatic carbocycles. The Morgan fingerprint density at radius 1 is 1.58 bits per heavy atom. The molecule has 24 heavy (non-hydrogen) atoms. The van der Waals surface area contributed by atoms with Crippen LogP contribution in [0.4, 0.5) is 5.69 Å². The average Bonchev–Trinajstić information content (AvgIpc) is 2.86. The van der Waals surface area contributed by atoms with Gasteiger partial charge in [-0.2, -0.15) is 5.26 Å². The van der Waals surface area contributed by atoms with Gasteiger partial charge in [0.25, 0.3) is 5.91 Å². The monoisotopic (exact) mass is 363 g/mol. The average molecular weight is 364 g/mol. The first-order valence-corrected chi connectivity index (χ1v) is 8.60. The zero-order valence-corrected chi connectivity index (χ0v) is 15.2. The molecule has 0 radical (unpaired) electrons. The van der Waals surface area contributed by atoms with Crippen LogP contribution < -0.4 is 10.0 Å². The summed E-state index contributed by atoms with van der Waals surface area (Å²) in [5.41, 5.74) is 1.09. The lowest BCUT2D eigenvalue weighted by molar-refractivity contribution is 0.101. The van der Waals surface area contributed by atoms with Crippen molar-refractivity contribution in [3.05, 3.63) is 40.9 Å². The van der Waals surface area contributed by atoms with E-state index in [9.17, 15) is 4.79 Å². The van der Waals surface area contributed by atoms with Gasteiger partial charge >= 0.3 is 0 Å². The Hall–Kier alpha value is -2.01. The van der Waals surface area contributed by atoms with Gasteiger partial charge in [-0.3, -0.25) is 9.52 Å². The third kappa shape index (κ3) is 4.29. The van der Waals surface area contributed by atoms with Crippen LogP contribution in [0.1, 0.15) is 36.5 Å². The van der Waals surface area contributed by atoms with Gasteiger partial charge in [0.05, 0.1) is 9.92 Å². The minimum Gasteiger partial charge on any atom is -0.344 e. The van der Waals surface area contributed by atoms with Crippen LogP contribution in [0.2, 0.25) is 5.02 Å². The lowest BCUT2D eigenvalue weighted by Crippen LogP contribution is -2.17. The van der Waals surface area contributed by atoms with E-state index in [4.69, 9.17) is 16.9 Å². The van der Waals surface area contributed by atoms with Crippen molar-refractivity contribution in [1.82, 2.24) is 14.3 Å². The first kappa shape index (κ1) is 18.3. The van der Waals surface area contributed by atoms with Gasteiger partial charge in [0.15, 0.2) is 0 Å². The molecule has 0 saturated heterocycles. The highest BCUT2D eigenvalue weighted by atomic mass is 35.5. The van der Waals surface area contributed by atoms with Gasteiger partial charge in [0.2, 0.25) is 0 Å². The number of carbonyl (C=O) groups is 1. The second-order valence-electron chi connectivity index (χ2n) is 5.29. The van der Waals surface area contributed by atoms with Gasteiger partial charge in [-0.25, -0.2) is 4.98 Å². The van der Waals surface area contributed by atoms with E-state index in [1.165, 1.54) is 24.2 Å². The highest BCUT2D eigenvalue weighted by molar-refractivity contribution is 7.97. The van der Waals surface area contributed by atoms with Crippen LogP contribution in [0, 0.1) is 11.3 Å². The van der Waals surface area contributed by atoms with Gasteiger partial charge in [-0.1, -0.05) is 18.5 Å². The molecule has 2 heterocycles. The number of nitrogens with zero attached hydrogens (tertiary/aromatic N) is 3. The topological polar surface area (TPSA) is 82.7 Å². The minimum absolute atomic E-state index is 0.236. The molecule has 0 aliphatic carbocycles. The Bertz CT molecular complexity index is 783. The number of nitrogens with one attached hydrogen (secondary N) is 2. The third-order valence-electron chi connectivity index (χ3n) is 3.42. The molecular weight excluding hydrogens is 346 g/mol. The summed E-state index contributed by atoms with van der Waals surface area (Å²) in [4.78, 5) is 17.2. The number of amides is 1. The predicted molar refractivity (Wildman–Crippen MR) is 96.1 cm³/mol. The van der Waals surface area contributed by atoms with Gasteiger partial charge in [-0.15, -0.1) is 0 Å². The number of aryl methyl sites for hydroxylation is 1. The van der Waals surface area contributed by atoms with Crippen LogP contribution in [0.5, 0.6) is 0 Å². The van der Waals surface area contributed by atoms with Crippen LogP contribution in [0.3, 0.4) is 0 Å². The molecule has 1 amide bonds. The molecule has 126 valence electrons. The van der Waals surface area contributed by atoms with Crippen molar-refractivity contribution in [2.24, 2.45) is 7.05 Å². The van der Waals surface area contributed by atoms with Crippen molar-refractivity contribution in [3.8, 4) is 6.07 Å². The molecule has 8 heteroatoms. The first-order chi connectivity index (χ1) is 11.5. The molecule has 0 fully saturated rings. The Morgan fingerprint density at radius 3 is 3.00 bits per heavy atom. The summed E-state index contributed by atoms with van der Waals surface area (Å²) >= 11 is 7.78. The van der Waals surface area contributed by atoms with Crippen molar-refractivity contribution >= 4 is 35.1 Å². The summed E-state index contributed by atoms with van der Waals surface area (Å²) in [5, 5.41) is 12.0. The maximum Gasteiger partial charge on any atom is 0.273 e. The van der Waals surface area contributed by atoms with Gasteiger partial charge in [-0.05, 0) is 37.4 Å². The van der Waals surface area contributed by atoms with Gasteiger partial charge in [0.1, 0.15) is 17.5 Å². The summed E-state index contributed by atoms with van der Waals surface area (Å²) in [5.74, 6) is -0.340. The van der Waals surface area contributed by atoms with Gasteiger partial charge < -0.3 is 9.88 Å². The van der Waals surface area contributed by atoms with Crippen molar-refractivity contribution in [2.45, 2.75) is 31.2 Å². The summed E-state index contributed by atoms with van der Waals surface area (Å²) < 4.78 is 4.96. The Balaban J connectivity index is 2.17. The molecule has 1 atom stereocenters. The van der Waals surface area contributed by atoms with E-state index in [-0.39, 0.29) is 11.6 Å². The number of carbonyl (C=O) groups excluding carboxylic acids is 1. The normalized spacial score (nSPS) is 11.8. The molecule has 6 nitrogen and oxygen atoms in total. The van der Waals surface area contributed by atoms with E-state index in [1.54, 1.807) is 17.7 Å². The molecule has 2 rings (SSSR count). The second kappa shape index (κ2) is 8.20. The summed E-state index contributed by atoms with van der Waals surface area (Å²) in [6, 6.07) is 5.40. The van der Waals surface area contributed by atoms with E-state index in [1.807, 2.05) is 12.3 Å². The zero-order valence-electron chi connectivity index (χ0n) is 13.6. The van der Waals surface area contributed by atoms with Crippen LogP contribution in [0.15, 0.2) is 29.4 Å². The lowest BCUT2D eigenvalue weighted by Gasteiger charge is -2.09. The fourth-order valence-electron chi connectivity index (χ4n) is 1.91. The summed E-state index contributed by atoms with van der Waals surface area (Å²) in [7, 11) is 1.77. The molecular formula is C16H18ClN5OS. The highest BCUT2D eigenvalue weighted by Crippen LogP contribution is 2.31. The van der Waals surface area contributed by atoms with Crippen molar-refractivity contribution in [3.63, 3.8) is 0 Å². The number of nitriles is 1. The van der Waals surface area contributed by atoms with E-state index in [2.05, 4.69) is 28.9 Å². The maximum atomic E-state index is 12.5. The van der Waals surface area contributed by atoms with E-state index < -0.39 is 0 Å². The number of aromatic nitrogens is 2. The molecule has 1 unspecified atom stereocenters. The lowest BCUT2D eigenvalue weighted by atomic mass is 10.3. The quantitative estimate of drug-likeness (QED) is 0.766. The standard InChI is InChI=1S/C16H18ClN5OS/c1-4-10(2)21-24-13-9-22(3)15(14(13)17)16(23)20-11-5-6-19-12(7-11)8-18/h5-7,9-10,21H,4H2,1-3H3,(H,19,20,23). The molecule has 2 N–H and O–H groups in total. The minimum atomic E-state index is -0.340. The Labute approximate surface area is 150 Å². The largest absolute Gasteiger partial charge is 0.344 e. The fourth-order valence-corrected chi connectivity index (χ4v) is 3.18. The number of anilines is 1. The smallest absolute Gasteiger partial charge is 0.273 e. The highest BCUT2D eigenvalue weighted by Gasteiger charge is 2.20. The molecule has 0 spiro atoms. The predicted octanol–water partition coefficient (Wildman–Crippen LogP) is 3.59. The van der Waals surface area contributed by atoms with Crippen molar-refractivity contribution in [1.29, 1.82) is 5.26 Å². The number of halogens is 1. The molecule has 0 saturated carbocycles. The number of rotatable bonds is 6. The van der Waals surface area contributed by atoms with Crippen molar-refractivity contribution in [2.75, 3.05) is 5.32 Å². The van der Waals surface area contributed by atoms with Crippen LogP contribution in [0.25, 0.3) is 0 Å². The number of pyridine rings is 1. The zero-order chi connectivity index (χ0) is 17.7. The Kier molecular flexibility index (Phi) is 6.26. The van der Waals surface area contributed by atoms with E-state index >= 15 is 0 Å². The van der Waals surface area contributed by atoms with Crippen LogP contribution in [-0.2, 0) is 7.05 Å². The molecule has 2 aromatic heterocycles. The van der Waals surface area contributed by atoms with E-state index in [0.717, 1.165) is 11.3 Å². The second-order valence-corrected chi connectivity index (χ2v) is 6.55. The third-order valence-corrected chi connectivity index (χ3v) is 4.96. The number of hydrogen-bond donors (Lipinski definition) is 2. The van der Waals surface area contributed by atoms with Crippen molar-refractivity contribution < 1.29 is 4.79 Å². The summed E-state index contributed by atoms with van der Waals surface area (Å²) in [6.07, 6.45) is 4.27. The number of hydrogen-bond acceptors (Lipinski definition) is 5. The maximum absolute atomic E-state index is 12.5. The molecule has 0 aliphatic rings. The first-order valence-electron chi connectivity index (χ1n) is 7.41. The fraction of sp³-hybridized carbons (Fsp3) is 0.312. The Morgan fingerprint density at radius 2 is 2.33 bits per heavy atom. The van der Waals surface area contributed by atoms with E-state index in [0.29, 0.717) is 22.4 Å².